The van der Waals surface area contributed by atoms with Crippen molar-refractivity contribution in [2.45, 2.75) is 20.4 Å². The third kappa shape index (κ3) is 7.17. The second kappa shape index (κ2) is 11.8. The Morgan fingerprint density at radius 1 is 1.06 bits per heavy atom. The van der Waals surface area contributed by atoms with Crippen molar-refractivity contribution in [3.8, 4) is 22.9 Å². The number of benzene rings is 1. The molecule has 0 bridgehead atoms. The molecule has 180 valence electrons. The number of rotatable bonds is 6. The fraction of sp³-hybridized carbons (Fsp3) is 0.476. The predicted octanol–water partition coefficient (Wildman–Crippen LogP) is 1.21. The Morgan fingerprint density at radius 2 is 1.70 bits per heavy atom. The van der Waals surface area contributed by atoms with Crippen LogP contribution in [0.2, 0.25) is 0 Å². The van der Waals surface area contributed by atoms with Crippen molar-refractivity contribution in [3.05, 3.63) is 24.1 Å². The van der Waals surface area contributed by atoms with E-state index in [-0.39, 0.29) is 11.8 Å². The molecule has 0 saturated carbocycles. The Balaban J connectivity index is 0.000000569. The summed E-state index contributed by atoms with van der Waals surface area (Å²) in [6.45, 7) is 7.47. The lowest BCUT2D eigenvalue weighted by atomic mass is 10.1. The van der Waals surface area contributed by atoms with E-state index in [1.807, 2.05) is 30.9 Å². The number of hydrogen-bond acceptors (Lipinski definition) is 9. The maximum Gasteiger partial charge on any atom is 0.414 e. The van der Waals surface area contributed by atoms with Crippen molar-refractivity contribution in [1.29, 1.82) is 0 Å². The molecule has 2 N–H and O–H groups in total. The summed E-state index contributed by atoms with van der Waals surface area (Å²) in [7, 11) is 3.20. The van der Waals surface area contributed by atoms with Crippen molar-refractivity contribution in [2.75, 3.05) is 40.4 Å². The van der Waals surface area contributed by atoms with Crippen molar-refractivity contribution in [3.63, 3.8) is 0 Å². The van der Waals surface area contributed by atoms with Crippen LogP contribution < -0.4 is 9.47 Å². The smallest absolute Gasteiger partial charge is 0.414 e. The zero-order valence-electron chi connectivity index (χ0n) is 19.0. The number of aromatic nitrogens is 2. The summed E-state index contributed by atoms with van der Waals surface area (Å²) in [6, 6.07) is 5.47. The number of ether oxygens (including phenoxy) is 2. The molecule has 1 aromatic heterocycles. The van der Waals surface area contributed by atoms with Crippen LogP contribution in [0.15, 0.2) is 22.7 Å². The Kier molecular flexibility index (Phi) is 9.16. The van der Waals surface area contributed by atoms with Crippen molar-refractivity contribution in [1.82, 2.24) is 19.9 Å². The maximum absolute atomic E-state index is 12.1. The molecule has 0 spiro atoms. The van der Waals surface area contributed by atoms with Gasteiger partial charge in [-0.15, -0.1) is 0 Å². The highest BCUT2D eigenvalue weighted by Gasteiger charge is 2.24. The molecule has 0 atom stereocenters. The van der Waals surface area contributed by atoms with E-state index >= 15 is 0 Å². The van der Waals surface area contributed by atoms with Gasteiger partial charge < -0.3 is 29.1 Å². The third-order valence-electron chi connectivity index (χ3n) is 4.84. The monoisotopic (exact) mass is 464 g/mol. The number of aliphatic carboxylic acids is 2. The number of nitrogens with zero attached hydrogens (tertiary/aromatic N) is 4. The molecule has 1 saturated heterocycles. The lowest BCUT2D eigenvalue weighted by Crippen LogP contribution is -2.49. The molecule has 1 aromatic carbocycles. The van der Waals surface area contributed by atoms with Gasteiger partial charge in [-0.3, -0.25) is 9.69 Å². The third-order valence-corrected chi connectivity index (χ3v) is 4.84. The van der Waals surface area contributed by atoms with E-state index in [1.54, 1.807) is 20.3 Å². The Hall–Kier alpha value is -3.67. The van der Waals surface area contributed by atoms with Crippen LogP contribution in [0, 0.1) is 5.92 Å². The lowest BCUT2D eigenvalue weighted by Gasteiger charge is -2.34. The van der Waals surface area contributed by atoms with Gasteiger partial charge >= 0.3 is 11.9 Å². The van der Waals surface area contributed by atoms with Crippen molar-refractivity contribution < 1.29 is 38.6 Å². The first-order valence-electron chi connectivity index (χ1n) is 10.2. The second-order valence-electron chi connectivity index (χ2n) is 7.44. The first-order valence-corrected chi connectivity index (χ1v) is 10.2. The summed E-state index contributed by atoms with van der Waals surface area (Å²) in [5.74, 6) is -1.04. The van der Waals surface area contributed by atoms with Crippen LogP contribution in [0.4, 0.5) is 0 Å². The van der Waals surface area contributed by atoms with Crippen LogP contribution in [0.1, 0.15) is 19.7 Å². The quantitative estimate of drug-likeness (QED) is 0.592. The van der Waals surface area contributed by atoms with Gasteiger partial charge in [0.1, 0.15) is 11.5 Å². The van der Waals surface area contributed by atoms with E-state index in [0.29, 0.717) is 29.8 Å². The van der Waals surface area contributed by atoms with E-state index in [9.17, 15) is 4.79 Å². The normalized spacial score (nSPS) is 13.8. The fourth-order valence-corrected chi connectivity index (χ4v) is 3.09. The average Bonchev–Trinajstić information content (AvgIpc) is 3.27. The molecule has 3 rings (SSSR count). The highest BCUT2D eigenvalue weighted by atomic mass is 16.5. The number of hydrogen-bond donors (Lipinski definition) is 2. The van der Waals surface area contributed by atoms with Gasteiger partial charge in [0, 0.05) is 38.2 Å². The van der Waals surface area contributed by atoms with Gasteiger partial charge in [0.2, 0.25) is 17.6 Å². The van der Waals surface area contributed by atoms with Crippen LogP contribution in [-0.2, 0) is 20.9 Å². The molecular weight excluding hydrogens is 436 g/mol. The maximum atomic E-state index is 12.1. The summed E-state index contributed by atoms with van der Waals surface area (Å²) in [5, 5.41) is 18.9. The highest BCUT2D eigenvalue weighted by molar-refractivity contribution is 6.27. The van der Waals surface area contributed by atoms with Crippen LogP contribution in [0.5, 0.6) is 11.5 Å². The molecule has 1 amide bonds. The molecule has 12 nitrogen and oxygen atoms in total. The van der Waals surface area contributed by atoms with Gasteiger partial charge in [-0.2, -0.15) is 4.98 Å². The molecule has 1 fully saturated rings. The molecule has 0 unspecified atom stereocenters. The highest BCUT2D eigenvalue weighted by Crippen LogP contribution is 2.31. The van der Waals surface area contributed by atoms with E-state index in [1.165, 1.54) is 0 Å². The fourth-order valence-electron chi connectivity index (χ4n) is 3.09. The SMILES string of the molecule is COc1ccc(-c2noc(CN3CCN(C(=O)C(C)C)CC3)n2)c(OC)c1.O=C(O)C(=O)O. The summed E-state index contributed by atoms with van der Waals surface area (Å²) < 4.78 is 16.0. The van der Waals surface area contributed by atoms with Crippen LogP contribution >= 0.6 is 0 Å². The second-order valence-corrected chi connectivity index (χ2v) is 7.44. The lowest BCUT2D eigenvalue weighted by molar-refractivity contribution is -0.159. The van der Waals surface area contributed by atoms with Gasteiger partial charge in [-0.25, -0.2) is 9.59 Å². The first kappa shape index (κ1) is 25.6. The molecule has 12 heteroatoms. The zero-order chi connectivity index (χ0) is 24.5. The number of carboxylic acids is 2. The van der Waals surface area contributed by atoms with Crippen molar-refractivity contribution in [2.24, 2.45) is 5.92 Å². The van der Waals surface area contributed by atoms with Gasteiger partial charge in [-0.05, 0) is 12.1 Å². The van der Waals surface area contributed by atoms with E-state index < -0.39 is 11.9 Å². The predicted molar refractivity (Wildman–Crippen MR) is 115 cm³/mol. The molecule has 1 aliphatic heterocycles. The summed E-state index contributed by atoms with van der Waals surface area (Å²) >= 11 is 0. The van der Waals surface area contributed by atoms with Gasteiger partial charge in [0.05, 0.1) is 26.3 Å². The molecular formula is C21H28N4O8. The molecule has 0 radical (unpaired) electrons. The molecule has 2 heterocycles. The average molecular weight is 464 g/mol. The molecule has 2 aromatic rings. The summed E-state index contributed by atoms with van der Waals surface area (Å²) in [5.41, 5.74) is 0.751. The largest absolute Gasteiger partial charge is 0.497 e. The molecule has 1 aliphatic rings. The minimum absolute atomic E-state index is 0.0366. The summed E-state index contributed by atoms with van der Waals surface area (Å²) in [4.78, 5) is 38.9. The summed E-state index contributed by atoms with van der Waals surface area (Å²) in [6.07, 6.45) is 0. The zero-order valence-corrected chi connectivity index (χ0v) is 19.0. The van der Waals surface area contributed by atoms with Crippen LogP contribution in [-0.4, -0.2) is 88.4 Å². The van der Waals surface area contributed by atoms with E-state index in [4.69, 9.17) is 33.8 Å². The van der Waals surface area contributed by atoms with Gasteiger partial charge in [-0.1, -0.05) is 19.0 Å². The number of piperazine rings is 1. The molecule has 0 aliphatic carbocycles. The molecule has 33 heavy (non-hydrogen) atoms. The minimum Gasteiger partial charge on any atom is -0.497 e. The van der Waals surface area contributed by atoms with Gasteiger partial charge in [0.15, 0.2) is 0 Å². The van der Waals surface area contributed by atoms with E-state index in [0.717, 1.165) is 31.7 Å². The Bertz CT molecular complexity index is 955. The number of carbonyl (C=O) groups excluding carboxylic acids is 1. The topological polar surface area (TPSA) is 156 Å². The van der Waals surface area contributed by atoms with Crippen molar-refractivity contribution >= 4 is 17.8 Å². The minimum atomic E-state index is -1.82. The standard InChI is InChI=1S/C19H26N4O4.C2H2O4/c1-13(2)19(24)23-9-7-22(8-10-23)12-17-20-18(21-27-17)15-6-5-14(25-3)11-16(15)26-4;3-1(4)2(5)6/h5-6,11,13H,7-10,12H2,1-4H3;(H,3,4)(H,5,6). The van der Waals surface area contributed by atoms with Crippen LogP contribution in [0.25, 0.3) is 11.4 Å². The van der Waals surface area contributed by atoms with Gasteiger partial charge in [0.25, 0.3) is 0 Å². The Labute approximate surface area is 190 Å². The number of carboxylic acid groups (broad SMARTS) is 2. The number of amides is 1. The number of methoxy groups -OCH3 is 2. The Morgan fingerprint density at radius 3 is 2.21 bits per heavy atom. The van der Waals surface area contributed by atoms with Crippen LogP contribution in [0.3, 0.4) is 0 Å². The van der Waals surface area contributed by atoms with E-state index in [2.05, 4.69) is 15.0 Å². The first-order chi connectivity index (χ1) is 15.7. The number of carbonyl (C=O) groups is 3.